The van der Waals surface area contributed by atoms with E-state index in [9.17, 15) is 4.79 Å². The minimum Gasteiger partial charge on any atom is -0.430 e. The number of hydrogen-bond donors (Lipinski definition) is 0. The van der Waals surface area contributed by atoms with Crippen molar-refractivity contribution in [2.24, 2.45) is 17.8 Å². The van der Waals surface area contributed by atoms with E-state index in [4.69, 9.17) is 9.47 Å². The summed E-state index contributed by atoms with van der Waals surface area (Å²) in [5.74, 6) is 2.01. The van der Waals surface area contributed by atoms with Crippen molar-refractivity contribution in [1.82, 2.24) is 0 Å². The van der Waals surface area contributed by atoms with Gasteiger partial charge >= 0.3 is 6.16 Å². The van der Waals surface area contributed by atoms with Crippen molar-refractivity contribution in [3.8, 4) is 5.75 Å². The monoisotopic (exact) mass is 456 g/mol. The Morgan fingerprint density at radius 1 is 0.912 bits per heavy atom. The van der Waals surface area contributed by atoms with Crippen molar-refractivity contribution in [1.29, 1.82) is 0 Å². The molecule has 3 heteroatoms. The summed E-state index contributed by atoms with van der Waals surface area (Å²) in [6.07, 6.45) is 2.55. The lowest BCUT2D eigenvalue weighted by molar-refractivity contribution is -0.0134. The quantitative estimate of drug-likeness (QED) is 0.175. The minimum absolute atomic E-state index is 0.0763. The number of carbonyl (C=O) groups excluding carboxylic acids is 1. The van der Waals surface area contributed by atoms with Crippen LogP contribution in [-0.2, 0) is 10.2 Å². The second-order valence-corrected chi connectivity index (χ2v) is 11.7. The topological polar surface area (TPSA) is 35.5 Å². The van der Waals surface area contributed by atoms with Gasteiger partial charge in [-0.1, -0.05) is 84.4 Å². The van der Waals surface area contributed by atoms with Crippen molar-refractivity contribution in [3.63, 3.8) is 0 Å². The van der Waals surface area contributed by atoms with Crippen LogP contribution in [0.3, 0.4) is 0 Å². The van der Waals surface area contributed by atoms with Crippen molar-refractivity contribution in [2.45, 2.75) is 72.3 Å². The maximum absolute atomic E-state index is 12.9. The molecule has 3 atom stereocenters. The molecule has 1 saturated carbocycles. The van der Waals surface area contributed by atoms with Crippen LogP contribution in [0.2, 0.25) is 0 Å². The molecule has 1 aliphatic rings. The maximum Gasteiger partial charge on any atom is 0.514 e. The smallest absolute Gasteiger partial charge is 0.430 e. The Kier molecular flexibility index (Phi) is 5.70. The lowest BCUT2D eigenvalue weighted by atomic mass is 9.75. The van der Waals surface area contributed by atoms with Gasteiger partial charge in [-0.15, -0.1) is 0 Å². The second-order valence-electron chi connectivity index (χ2n) is 11.7. The Bertz CT molecular complexity index is 1330. The Morgan fingerprint density at radius 2 is 1.56 bits per heavy atom. The molecule has 1 fully saturated rings. The van der Waals surface area contributed by atoms with Crippen LogP contribution in [0.15, 0.2) is 48.5 Å². The standard InChI is InChI=1S/C31H36O3/c1-18(2)24-12-7-19(3)15-27(24)34-30(32)33-26-14-11-20-8-9-21-16-23(31(4,5)6)17-22-10-13-25(26)29(20)28(21)22/h8-11,13-14,16-19,24,27H,7,12,15H2,1-6H3/t19-,24?,27?/m1/s1. The molecule has 0 bridgehead atoms. The number of hydrogen-bond acceptors (Lipinski definition) is 3. The van der Waals surface area contributed by atoms with Crippen LogP contribution >= 0.6 is 0 Å². The van der Waals surface area contributed by atoms with E-state index in [1.165, 1.54) is 28.1 Å². The average molecular weight is 457 g/mol. The molecular formula is C31H36O3. The van der Waals surface area contributed by atoms with Gasteiger partial charge in [-0.2, -0.15) is 0 Å². The molecule has 4 aromatic rings. The van der Waals surface area contributed by atoms with E-state index in [0.29, 0.717) is 23.5 Å². The van der Waals surface area contributed by atoms with Crippen molar-refractivity contribution < 1.29 is 14.3 Å². The second kappa shape index (κ2) is 8.45. The van der Waals surface area contributed by atoms with E-state index in [1.54, 1.807) is 0 Å². The third kappa shape index (κ3) is 4.10. The summed E-state index contributed by atoms with van der Waals surface area (Å²) in [5.41, 5.74) is 1.40. The van der Waals surface area contributed by atoms with E-state index in [1.807, 2.05) is 12.1 Å². The molecule has 0 spiro atoms. The van der Waals surface area contributed by atoms with Gasteiger partial charge in [-0.3, -0.25) is 0 Å². The first kappa shape index (κ1) is 23.0. The van der Waals surface area contributed by atoms with Crippen LogP contribution in [0.1, 0.15) is 66.4 Å². The molecule has 0 heterocycles. The zero-order valence-electron chi connectivity index (χ0n) is 21.3. The van der Waals surface area contributed by atoms with Crippen molar-refractivity contribution in [3.05, 3.63) is 54.1 Å². The van der Waals surface area contributed by atoms with Crippen LogP contribution in [-0.4, -0.2) is 12.3 Å². The zero-order chi connectivity index (χ0) is 24.2. The summed E-state index contributed by atoms with van der Waals surface area (Å²) in [5, 5.41) is 6.91. The SMILES string of the molecule is CC(C)C1CC[C@@H](C)CC1OC(=O)Oc1ccc2ccc3cc(C(C)(C)C)cc4ccc1c2c34. The molecule has 34 heavy (non-hydrogen) atoms. The number of rotatable bonds is 3. The Morgan fingerprint density at radius 3 is 2.24 bits per heavy atom. The highest BCUT2D eigenvalue weighted by atomic mass is 16.7. The van der Waals surface area contributed by atoms with E-state index in [-0.39, 0.29) is 11.5 Å². The summed E-state index contributed by atoms with van der Waals surface area (Å²) in [6, 6.07) is 17.1. The average Bonchev–Trinajstić information content (AvgIpc) is 2.77. The fraction of sp³-hybridized carbons (Fsp3) is 0.452. The van der Waals surface area contributed by atoms with Crippen LogP contribution in [0.5, 0.6) is 5.75 Å². The van der Waals surface area contributed by atoms with Crippen LogP contribution in [0, 0.1) is 17.8 Å². The summed E-state index contributed by atoms with van der Waals surface area (Å²) < 4.78 is 11.8. The largest absolute Gasteiger partial charge is 0.514 e. The molecule has 5 rings (SSSR count). The normalized spacial score (nSPS) is 21.6. The Hall–Kier alpha value is -2.81. The van der Waals surface area contributed by atoms with Crippen molar-refractivity contribution >= 4 is 38.5 Å². The Balaban J connectivity index is 1.50. The van der Waals surface area contributed by atoms with Crippen LogP contribution < -0.4 is 4.74 Å². The van der Waals surface area contributed by atoms with Gasteiger partial charge in [0.25, 0.3) is 0 Å². The molecule has 0 radical (unpaired) electrons. The molecule has 1 aliphatic carbocycles. The molecule has 4 aromatic carbocycles. The summed E-state index contributed by atoms with van der Waals surface area (Å²) >= 11 is 0. The maximum atomic E-state index is 12.9. The molecule has 0 aromatic heterocycles. The molecule has 3 nitrogen and oxygen atoms in total. The fourth-order valence-corrected chi connectivity index (χ4v) is 5.80. The van der Waals surface area contributed by atoms with Gasteiger partial charge in [0.1, 0.15) is 11.9 Å². The van der Waals surface area contributed by atoms with Gasteiger partial charge in [-0.05, 0) is 75.3 Å². The van der Waals surface area contributed by atoms with Gasteiger partial charge in [0.15, 0.2) is 0 Å². The van der Waals surface area contributed by atoms with Crippen LogP contribution in [0.4, 0.5) is 4.79 Å². The number of carbonyl (C=O) groups is 1. The lowest BCUT2D eigenvalue weighted by Gasteiger charge is -2.36. The van der Waals surface area contributed by atoms with Gasteiger partial charge in [0.05, 0.1) is 0 Å². The molecule has 2 unspecified atom stereocenters. The molecule has 0 saturated heterocycles. The summed E-state index contributed by atoms with van der Waals surface area (Å²) in [7, 11) is 0. The van der Waals surface area contributed by atoms with E-state index in [2.05, 4.69) is 77.9 Å². The summed E-state index contributed by atoms with van der Waals surface area (Å²) in [4.78, 5) is 12.9. The first-order valence-electron chi connectivity index (χ1n) is 12.7. The van der Waals surface area contributed by atoms with Crippen LogP contribution in [0.25, 0.3) is 32.3 Å². The number of ether oxygens (including phenoxy) is 2. The molecular weight excluding hydrogens is 420 g/mol. The predicted molar refractivity (Wildman–Crippen MR) is 141 cm³/mol. The predicted octanol–water partition coefficient (Wildman–Crippen LogP) is 8.86. The molecule has 0 amide bonds. The highest BCUT2D eigenvalue weighted by molar-refractivity contribution is 6.24. The summed E-state index contributed by atoms with van der Waals surface area (Å²) in [6.45, 7) is 13.4. The van der Waals surface area contributed by atoms with Crippen molar-refractivity contribution in [2.75, 3.05) is 0 Å². The molecule has 0 aliphatic heterocycles. The first-order chi connectivity index (χ1) is 16.1. The zero-order valence-corrected chi connectivity index (χ0v) is 21.3. The number of benzene rings is 4. The lowest BCUT2D eigenvalue weighted by Crippen LogP contribution is -2.36. The van der Waals surface area contributed by atoms with Gasteiger partial charge in [0, 0.05) is 10.8 Å². The van der Waals surface area contributed by atoms with Gasteiger partial charge in [-0.25, -0.2) is 4.79 Å². The van der Waals surface area contributed by atoms with Gasteiger partial charge < -0.3 is 9.47 Å². The third-order valence-corrected chi connectivity index (χ3v) is 7.83. The first-order valence-corrected chi connectivity index (χ1v) is 12.7. The molecule has 178 valence electrons. The Labute approximate surface area is 202 Å². The van der Waals surface area contributed by atoms with E-state index in [0.717, 1.165) is 29.0 Å². The van der Waals surface area contributed by atoms with E-state index < -0.39 is 6.16 Å². The molecule has 0 N–H and O–H groups in total. The minimum atomic E-state index is -0.588. The van der Waals surface area contributed by atoms with Gasteiger partial charge in [0.2, 0.25) is 0 Å². The highest BCUT2D eigenvalue weighted by Crippen LogP contribution is 2.41. The van der Waals surface area contributed by atoms with E-state index >= 15 is 0 Å². The highest BCUT2D eigenvalue weighted by Gasteiger charge is 2.34. The third-order valence-electron chi connectivity index (χ3n) is 7.83. The fourth-order valence-electron chi connectivity index (χ4n) is 5.80.